The third-order valence-corrected chi connectivity index (χ3v) is 2.43. The van der Waals surface area contributed by atoms with Gasteiger partial charge in [-0.3, -0.25) is 4.79 Å². The van der Waals surface area contributed by atoms with Crippen LogP contribution in [0.3, 0.4) is 0 Å². The van der Waals surface area contributed by atoms with Gasteiger partial charge in [0.05, 0.1) is 24.1 Å². The highest BCUT2D eigenvalue weighted by molar-refractivity contribution is 5.89. The van der Waals surface area contributed by atoms with Crippen LogP contribution in [0.2, 0.25) is 0 Å². The number of hydrogen-bond donors (Lipinski definition) is 1. The van der Waals surface area contributed by atoms with Crippen LogP contribution in [-0.2, 0) is 11.3 Å². The number of Topliss-reactive ketones (excluding diaryl/α,β-unsaturated/α-hetero) is 1. The van der Waals surface area contributed by atoms with Crippen LogP contribution in [0, 0.1) is 0 Å². The van der Waals surface area contributed by atoms with Crippen molar-refractivity contribution < 1.29 is 4.79 Å². The molecule has 1 aromatic heterocycles. The lowest BCUT2D eigenvalue weighted by molar-refractivity contribution is -0.118. The van der Waals surface area contributed by atoms with Crippen LogP contribution >= 0.6 is 0 Å². The topological polar surface area (TPSA) is 46.9 Å². The molecule has 4 nitrogen and oxygen atoms in total. The number of anilines is 1. The van der Waals surface area contributed by atoms with Crippen LogP contribution in [-0.4, -0.2) is 21.9 Å². The number of nitrogens with one attached hydrogen (secondary N) is 1. The molecular formula is C10H9N3O. The fourth-order valence-electron chi connectivity index (χ4n) is 1.78. The zero-order chi connectivity index (χ0) is 9.54. The number of para-hydroxylation sites is 2. The maximum Gasteiger partial charge on any atom is 0.204 e. The van der Waals surface area contributed by atoms with Crippen LogP contribution in [0.1, 0.15) is 0 Å². The van der Waals surface area contributed by atoms with E-state index in [-0.39, 0.29) is 5.78 Å². The Hall–Kier alpha value is -1.84. The summed E-state index contributed by atoms with van der Waals surface area (Å²) in [7, 11) is 0. The van der Waals surface area contributed by atoms with Gasteiger partial charge in [-0.25, -0.2) is 4.98 Å². The van der Waals surface area contributed by atoms with Gasteiger partial charge in [-0.2, -0.15) is 0 Å². The van der Waals surface area contributed by atoms with Crippen LogP contribution in [0.5, 0.6) is 0 Å². The van der Waals surface area contributed by atoms with Gasteiger partial charge in [-0.1, -0.05) is 12.1 Å². The smallest absolute Gasteiger partial charge is 0.204 e. The van der Waals surface area contributed by atoms with Gasteiger partial charge in [0.15, 0.2) is 5.78 Å². The Balaban J connectivity index is 2.30. The van der Waals surface area contributed by atoms with Gasteiger partial charge in [-0.15, -0.1) is 0 Å². The molecule has 4 heteroatoms. The van der Waals surface area contributed by atoms with Crippen molar-refractivity contribution in [3.63, 3.8) is 0 Å². The fraction of sp³-hybridized carbons (Fsp3) is 0.200. The standard InChI is InChI=1S/C10H9N3O/c14-7-5-11-10-12-8-3-1-2-4-9(8)13(10)6-7/h1-4H,5-6H2,(H,11,12). The van der Waals surface area contributed by atoms with Crippen molar-refractivity contribution in [2.45, 2.75) is 6.54 Å². The first-order valence-electron chi connectivity index (χ1n) is 4.55. The molecule has 2 heterocycles. The Labute approximate surface area is 80.6 Å². The van der Waals surface area contributed by atoms with Crippen molar-refractivity contribution in [2.75, 3.05) is 11.9 Å². The zero-order valence-corrected chi connectivity index (χ0v) is 7.53. The minimum Gasteiger partial charge on any atom is -0.348 e. The molecule has 70 valence electrons. The van der Waals surface area contributed by atoms with Crippen molar-refractivity contribution in [3.8, 4) is 0 Å². The monoisotopic (exact) mass is 187 g/mol. The van der Waals surface area contributed by atoms with E-state index in [0.717, 1.165) is 17.0 Å². The third-order valence-electron chi connectivity index (χ3n) is 2.43. The summed E-state index contributed by atoms with van der Waals surface area (Å²) < 4.78 is 1.92. The molecule has 0 radical (unpaired) electrons. The Morgan fingerprint density at radius 1 is 1.36 bits per heavy atom. The predicted molar refractivity (Wildman–Crippen MR) is 53.2 cm³/mol. The normalized spacial score (nSPS) is 15.3. The number of ketones is 1. The molecule has 3 rings (SSSR count). The number of rotatable bonds is 0. The number of nitrogens with zero attached hydrogens (tertiary/aromatic N) is 2. The maximum atomic E-state index is 11.3. The average Bonchev–Trinajstić information content (AvgIpc) is 2.56. The van der Waals surface area contributed by atoms with Gasteiger partial charge >= 0.3 is 0 Å². The molecule has 1 aliphatic rings. The number of aromatic nitrogens is 2. The molecule has 0 bridgehead atoms. The van der Waals surface area contributed by atoms with Crippen LogP contribution in [0.15, 0.2) is 24.3 Å². The average molecular weight is 187 g/mol. The number of fused-ring (bicyclic) bond motifs is 3. The second kappa shape index (κ2) is 2.57. The highest BCUT2D eigenvalue weighted by Crippen LogP contribution is 2.21. The van der Waals surface area contributed by atoms with Crippen LogP contribution < -0.4 is 5.32 Å². The molecule has 2 aromatic rings. The van der Waals surface area contributed by atoms with Crippen LogP contribution in [0.4, 0.5) is 5.95 Å². The summed E-state index contributed by atoms with van der Waals surface area (Å²) in [5.74, 6) is 0.992. The molecule has 0 spiro atoms. The lowest BCUT2D eigenvalue weighted by atomic mass is 10.3. The van der Waals surface area contributed by atoms with E-state index < -0.39 is 0 Å². The SMILES string of the molecule is O=C1CNc2nc3ccccc3n2C1. The Morgan fingerprint density at radius 2 is 2.21 bits per heavy atom. The molecule has 1 aliphatic heterocycles. The summed E-state index contributed by atoms with van der Waals surface area (Å²) in [4.78, 5) is 15.6. The summed E-state index contributed by atoms with van der Waals surface area (Å²) in [6.07, 6.45) is 0. The van der Waals surface area contributed by atoms with Gasteiger partial charge in [0.1, 0.15) is 0 Å². The van der Waals surface area contributed by atoms with E-state index in [4.69, 9.17) is 0 Å². The lowest BCUT2D eigenvalue weighted by Crippen LogP contribution is -2.27. The molecule has 0 amide bonds. The summed E-state index contributed by atoms with van der Waals surface area (Å²) in [5, 5.41) is 3.00. The second-order valence-electron chi connectivity index (χ2n) is 3.40. The molecule has 14 heavy (non-hydrogen) atoms. The summed E-state index contributed by atoms with van der Waals surface area (Å²) in [6.45, 7) is 0.826. The Morgan fingerprint density at radius 3 is 3.14 bits per heavy atom. The first kappa shape index (κ1) is 7.55. The third kappa shape index (κ3) is 0.937. The minimum atomic E-state index is 0.195. The van der Waals surface area contributed by atoms with E-state index >= 15 is 0 Å². The van der Waals surface area contributed by atoms with Crippen LogP contribution in [0.25, 0.3) is 11.0 Å². The highest BCUT2D eigenvalue weighted by Gasteiger charge is 2.17. The Kier molecular flexibility index (Phi) is 1.39. The number of imidazole rings is 1. The molecule has 0 saturated heterocycles. The maximum absolute atomic E-state index is 11.3. The first-order valence-corrected chi connectivity index (χ1v) is 4.55. The minimum absolute atomic E-state index is 0.195. The lowest BCUT2D eigenvalue weighted by Gasteiger charge is -2.14. The van der Waals surface area contributed by atoms with Gasteiger partial charge in [0.2, 0.25) is 5.95 Å². The molecule has 1 aromatic carbocycles. The number of benzene rings is 1. The molecule has 0 saturated carbocycles. The number of carbonyl (C=O) groups excluding carboxylic acids is 1. The molecule has 0 unspecified atom stereocenters. The molecule has 0 aliphatic carbocycles. The van der Waals surface area contributed by atoms with E-state index in [2.05, 4.69) is 10.3 Å². The quantitative estimate of drug-likeness (QED) is 0.670. The second-order valence-corrected chi connectivity index (χ2v) is 3.40. The Bertz CT molecular complexity index is 515. The van der Waals surface area contributed by atoms with Crippen molar-refractivity contribution in [1.29, 1.82) is 0 Å². The van der Waals surface area contributed by atoms with Crippen molar-refractivity contribution in [1.82, 2.24) is 9.55 Å². The highest BCUT2D eigenvalue weighted by atomic mass is 16.1. The van der Waals surface area contributed by atoms with E-state index in [0.29, 0.717) is 13.1 Å². The predicted octanol–water partition coefficient (Wildman–Crippen LogP) is 1.03. The van der Waals surface area contributed by atoms with Crippen molar-refractivity contribution in [3.05, 3.63) is 24.3 Å². The number of carbonyl (C=O) groups is 1. The van der Waals surface area contributed by atoms with Crippen molar-refractivity contribution in [2.24, 2.45) is 0 Å². The molecule has 0 fully saturated rings. The van der Waals surface area contributed by atoms with Crippen molar-refractivity contribution >= 4 is 22.8 Å². The van der Waals surface area contributed by atoms with E-state index in [1.165, 1.54) is 0 Å². The van der Waals surface area contributed by atoms with Gasteiger partial charge < -0.3 is 9.88 Å². The van der Waals surface area contributed by atoms with Gasteiger partial charge in [-0.05, 0) is 12.1 Å². The summed E-state index contributed by atoms with van der Waals surface area (Å²) in [6, 6.07) is 7.83. The van der Waals surface area contributed by atoms with E-state index in [9.17, 15) is 4.79 Å². The van der Waals surface area contributed by atoms with Gasteiger partial charge in [0, 0.05) is 0 Å². The molecule has 0 atom stereocenters. The van der Waals surface area contributed by atoms with Gasteiger partial charge in [0.25, 0.3) is 0 Å². The number of hydrogen-bond acceptors (Lipinski definition) is 3. The molecular weight excluding hydrogens is 178 g/mol. The fourth-order valence-corrected chi connectivity index (χ4v) is 1.78. The first-order chi connectivity index (χ1) is 6.84. The van der Waals surface area contributed by atoms with E-state index in [1.54, 1.807) is 0 Å². The molecule has 1 N–H and O–H groups in total. The van der Waals surface area contributed by atoms with E-state index in [1.807, 2.05) is 28.8 Å². The largest absolute Gasteiger partial charge is 0.348 e. The zero-order valence-electron chi connectivity index (χ0n) is 7.53. The summed E-state index contributed by atoms with van der Waals surface area (Å²) >= 11 is 0. The summed E-state index contributed by atoms with van der Waals surface area (Å²) in [5.41, 5.74) is 1.95.